The van der Waals surface area contributed by atoms with Gasteiger partial charge in [0.25, 0.3) is 0 Å². The van der Waals surface area contributed by atoms with E-state index < -0.39 is 0 Å². The number of nitrogens with one attached hydrogen (secondary N) is 2. The van der Waals surface area contributed by atoms with E-state index in [0.29, 0.717) is 12.6 Å². The van der Waals surface area contributed by atoms with Gasteiger partial charge in [0.15, 0.2) is 0 Å². The largest absolute Gasteiger partial charge is 0.384 e. The molecule has 0 spiro atoms. The molecule has 2 heterocycles. The minimum Gasteiger partial charge on any atom is -0.384 e. The van der Waals surface area contributed by atoms with Crippen LogP contribution in [0.3, 0.4) is 0 Å². The number of nitrogens with zero attached hydrogens (tertiary/aromatic N) is 1. The summed E-state index contributed by atoms with van der Waals surface area (Å²) in [4.78, 5) is 14.9. The van der Waals surface area contributed by atoms with Gasteiger partial charge in [-0.2, -0.15) is 0 Å². The third kappa shape index (κ3) is 3.85. The molecule has 0 aromatic heterocycles. The molecule has 2 unspecified atom stereocenters. The molecule has 0 bridgehead atoms. The predicted molar refractivity (Wildman–Crippen MR) is 82.3 cm³/mol. The minimum absolute atomic E-state index is 0. The molecule has 1 amide bonds. The second-order valence-corrected chi connectivity index (χ2v) is 5.77. The highest BCUT2D eigenvalue weighted by Gasteiger charge is 2.41. The predicted octanol–water partition coefficient (Wildman–Crippen LogP) is 0.635. The third-order valence-corrected chi connectivity index (χ3v) is 4.55. The van der Waals surface area contributed by atoms with Crippen LogP contribution in [0.15, 0.2) is 0 Å². The third-order valence-electron chi connectivity index (χ3n) is 4.55. The first kappa shape index (κ1) is 17.7. The van der Waals surface area contributed by atoms with Crippen LogP contribution in [-0.4, -0.2) is 63.3 Å². The number of rotatable bonds is 6. The Morgan fingerprint density at radius 1 is 1.55 bits per heavy atom. The van der Waals surface area contributed by atoms with E-state index in [1.807, 2.05) is 0 Å². The lowest BCUT2D eigenvalue weighted by molar-refractivity contribution is -0.133. The van der Waals surface area contributed by atoms with Crippen LogP contribution in [-0.2, 0) is 9.53 Å². The Kier molecular flexibility index (Phi) is 7.23. The monoisotopic (exact) mass is 305 g/mol. The quantitative estimate of drug-likeness (QED) is 0.756. The Morgan fingerprint density at radius 3 is 2.95 bits per heavy atom. The topological polar surface area (TPSA) is 53.6 Å². The Balaban J connectivity index is 0.00000200. The molecule has 2 rings (SSSR count). The lowest BCUT2D eigenvalue weighted by Crippen LogP contribution is -2.49. The van der Waals surface area contributed by atoms with Crippen LogP contribution in [0.2, 0.25) is 0 Å². The number of hydrogen-bond donors (Lipinski definition) is 2. The van der Waals surface area contributed by atoms with E-state index in [9.17, 15) is 4.79 Å². The van der Waals surface area contributed by atoms with Crippen molar-refractivity contribution in [3.63, 3.8) is 0 Å². The first-order chi connectivity index (χ1) is 9.22. The molecule has 0 aliphatic carbocycles. The minimum atomic E-state index is -0.357. The molecule has 118 valence electrons. The van der Waals surface area contributed by atoms with Crippen LogP contribution in [0.1, 0.15) is 26.2 Å². The second kappa shape index (κ2) is 8.17. The fourth-order valence-electron chi connectivity index (χ4n) is 3.34. The molecule has 0 radical (unpaired) electrons. The summed E-state index contributed by atoms with van der Waals surface area (Å²) in [5.41, 5.74) is -0.357. The SMILES string of the molecule is CCN1CCCC1CNC(=O)C1(COC)CCNC1.Cl. The van der Waals surface area contributed by atoms with E-state index in [1.54, 1.807) is 7.11 Å². The lowest BCUT2D eigenvalue weighted by Gasteiger charge is -2.28. The van der Waals surface area contributed by atoms with Gasteiger partial charge < -0.3 is 15.4 Å². The summed E-state index contributed by atoms with van der Waals surface area (Å²) in [6, 6.07) is 0.517. The van der Waals surface area contributed by atoms with Crippen molar-refractivity contribution in [2.75, 3.05) is 46.4 Å². The van der Waals surface area contributed by atoms with Crippen molar-refractivity contribution < 1.29 is 9.53 Å². The molecule has 0 aromatic carbocycles. The van der Waals surface area contributed by atoms with Crippen molar-refractivity contribution in [1.29, 1.82) is 0 Å². The average molecular weight is 306 g/mol. The molecular weight excluding hydrogens is 278 g/mol. The number of carbonyl (C=O) groups is 1. The first-order valence-electron chi connectivity index (χ1n) is 7.44. The van der Waals surface area contributed by atoms with E-state index in [0.717, 1.165) is 32.6 Å². The highest BCUT2D eigenvalue weighted by atomic mass is 35.5. The van der Waals surface area contributed by atoms with Crippen molar-refractivity contribution in [1.82, 2.24) is 15.5 Å². The molecule has 2 fully saturated rings. The van der Waals surface area contributed by atoms with Gasteiger partial charge in [-0.25, -0.2) is 0 Å². The zero-order valence-electron chi connectivity index (χ0n) is 12.6. The molecule has 2 aliphatic rings. The molecule has 6 heteroatoms. The van der Waals surface area contributed by atoms with E-state index in [1.165, 1.54) is 19.4 Å². The van der Waals surface area contributed by atoms with Crippen LogP contribution < -0.4 is 10.6 Å². The summed E-state index contributed by atoms with van der Waals surface area (Å²) in [6.45, 7) is 7.35. The summed E-state index contributed by atoms with van der Waals surface area (Å²) in [5.74, 6) is 0.155. The molecule has 5 nitrogen and oxygen atoms in total. The number of hydrogen-bond acceptors (Lipinski definition) is 4. The van der Waals surface area contributed by atoms with Gasteiger partial charge in [-0.15, -0.1) is 12.4 Å². The standard InChI is InChI=1S/C14H27N3O2.ClH/c1-3-17-8-4-5-12(17)9-16-13(18)14(11-19-2)6-7-15-10-14;/h12,15H,3-11H2,1-2H3,(H,16,18);1H. The number of likely N-dealkylation sites (tertiary alicyclic amines) is 1. The van der Waals surface area contributed by atoms with Crippen molar-refractivity contribution in [3.05, 3.63) is 0 Å². The van der Waals surface area contributed by atoms with Gasteiger partial charge in [0.1, 0.15) is 0 Å². The summed E-state index contributed by atoms with van der Waals surface area (Å²) in [6.07, 6.45) is 3.32. The van der Waals surface area contributed by atoms with Crippen LogP contribution in [0, 0.1) is 5.41 Å². The molecule has 2 aliphatic heterocycles. The van der Waals surface area contributed by atoms with Gasteiger partial charge in [0.05, 0.1) is 12.0 Å². The normalized spacial score (nSPS) is 30.2. The molecular formula is C14H28ClN3O2. The Hall–Kier alpha value is -0.360. The van der Waals surface area contributed by atoms with E-state index in [2.05, 4.69) is 22.5 Å². The van der Waals surface area contributed by atoms with Crippen molar-refractivity contribution >= 4 is 18.3 Å². The highest BCUT2D eigenvalue weighted by molar-refractivity contribution is 5.85. The van der Waals surface area contributed by atoms with Gasteiger partial charge in [0, 0.05) is 26.2 Å². The lowest BCUT2D eigenvalue weighted by atomic mass is 9.87. The number of ether oxygens (including phenoxy) is 1. The van der Waals surface area contributed by atoms with Gasteiger partial charge in [-0.1, -0.05) is 6.92 Å². The maximum absolute atomic E-state index is 12.5. The molecule has 2 N–H and O–H groups in total. The molecule has 0 saturated carbocycles. The van der Waals surface area contributed by atoms with Crippen LogP contribution in [0.4, 0.5) is 0 Å². The van der Waals surface area contributed by atoms with Crippen LogP contribution >= 0.6 is 12.4 Å². The van der Waals surface area contributed by atoms with Gasteiger partial charge in [-0.3, -0.25) is 9.69 Å². The van der Waals surface area contributed by atoms with E-state index in [4.69, 9.17) is 4.74 Å². The van der Waals surface area contributed by atoms with Crippen molar-refractivity contribution in [3.8, 4) is 0 Å². The molecule has 0 aromatic rings. The summed E-state index contributed by atoms with van der Waals surface area (Å²) >= 11 is 0. The average Bonchev–Trinajstić information content (AvgIpc) is 3.05. The number of halogens is 1. The van der Waals surface area contributed by atoms with Gasteiger partial charge >= 0.3 is 0 Å². The Bertz CT molecular complexity index is 309. The van der Waals surface area contributed by atoms with Crippen LogP contribution in [0.5, 0.6) is 0 Å². The summed E-state index contributed by atoms with van der Waals surface area (Å²) in [7, 11) is 1.67. The maximum atomic E-state index is 12.5. The fourth-order valence-corrected chi connectivity index (χ4v) is 3.34. The van der Waals surface area contributed by atoms with Crippen molar-refractivity contribution in [2.45, 2.75) is 32.2 Å². The Labute approximate surface area is 128 Å². The van der Waals surface area contributed by atoms with Crippen molar-refractivity contribution in [2.24, 2.45) is 5.41 Å². The van der Waals surface area contributed by atoms with Gasteiger partial charge in [-0.05, 0) is 38.9 Å². The Morgan fingerprint density at radius 2 is 2.35 bits per heavy atom. The molecule has 2 saturated heterocycles. The number of amides is 1. The van der Waals surface area contributed by atoms with E-state index >= 15 is 0 Å². The fraction of sp³-hybridized carbons (Fsp3) is 0.929. The zero-order chi connectivity index (χ0) is 13.7. The number of carbonyl (C=O) groups excluding carboxylic acids is 1. The molecule has 2 atom stereocenters. The first-order valence-corrected chi connectivity index (χ1v) is 7.44. The van der Waals surface area contributed by atoms with E-state index in [-0.39, 0.29) is 23.7 Å². The smallest absolute Gasteiger partial charge is 0.229 e. The second-order valence-electron chi connectivity index (χ2n) is 5.77. The summed E-state index contributed by atoms with van der Waals surface area (Å²) in [5, 5.41) is 6.43. The molecule has 20 heavy (non-hydrogen) atoms. The van der Waals surface area contributed by atoms with Crippen LogP contribution in [0.25, 0.3) is 0 Å². The number of likely N-dealkylation sites (N-methyl/N-ethyl adjacent to an activating group) is 1. The number of methoxy groups -OCH3 is 1. The summed E-state index contributed by atoms with van der Waals surface area (Å²) < 4.78 is 5.25. The zero-order valence-corrected chi connectivity index (χ0v) is 13.4. The highest BCUT2D eigenvalue weighted by Crippen LogP contribution is 2.26. The maximum Gasteiger partial charge on any atom is 0.229 e. The van der Waals surface area contributed by atoms with Gasteiger partial charge in [0.2, 0.25) is 5.91 Å².